The average Bonchev–Trinajstić information content (AvgIpc) is 3.08. The first-order valence-electron chi connectivity index (χ1n) is 11.4. The molecule has 2 aromatic rings. The van der Waals surface area contributed by atoms with Crippen LogP contribution in [-0.4, -0.2) is 45.6 Å². The number of ether oxygens (including phenoxy) is 2. The molecule has 1 N–H and O–H groups in total. The van der Waals surface area contributed by atoms with E-state index in [0.717, 1.165) is 16.7 Å². The van der Waals surface area contributed by atoms with E-state index >= 15 is 0 Å². The molecule has 0 radical (unpaired) electrons. The Morgan fingerprint density at radius 2 is 1.71 bits per heavy atom. The van der Waals surface area contributed by atoms with Gasteiger partial charge >= 0.3 is 12.1 Å². The molecule has 2 heterocycles. The van der Waals surface area contributed by atoms with Crippen LogP contribution < -0.4 is 0 Å². The monoisotopic (exact) mass is 463 g/mol. The number of benzene rings is 2. The number of Topliss-reactive ketones (excluding diaryl/α,β-unsaturated/α-hetero) is 1. The summed E-state index contributed by atoms with van der Waals surface area (Å²) in [5.41, 5.74) is 1.75. The molecule has 34 heavy (non-hydrogen) atoms. The molecule has 0 aliphatic carbocycles. The van der Waals surface area contributed by atoms with E-state index in [4.69, 9.17) is 9.47 Å². The van der Waals surface area contributed by atoms with Gasteiger partial charge in [0.15, 0.2) is 6.10 Å². The van der Waals surface area contributed by atoms with Gasteiger partial charge in [0.25, 0.3) is 0 Å². The molecule has 4 rings (SSSR count). The number of aryl methyl sites for hydroxylation is 1. The lowest BCUT2D eigenvalue weighted by atomic mass is 9.91. The largest absolute Gasteiger partial charge is 0.509 e. The summed E-state index contributed by atoms with van der Waals surface area (Å²) in [5.74, 6) is -1.86. The van der Waals surface area contributed by atoms with Crippen LogP contribution in [0.4, 0.5) is 4.79 Å². The number of aliphatic hydroxyl groups is 1. The van der Waals surface area contributed by atoms with Crippen molar-refractivity contribution in [3.63, 3.8) is 0 Å². The van der Waals surface area contributed by atoms with Crippen molar-refractivity contribution in [2.45, 2.75) is 64.3 Å². The molecule has 7 nitrogen and oxygen atoms in total. The minimum absolute atomic E-state index is 0.188. The number of fused-ring (bicyclic) bond motifs is 1. The topological polar surface area (TPSA) is 93.1 Å². The summed E-state index contributed by atoms with van der Waals surface area (Å²) in [7, 11) is 0. The SMILES string of the molecule is CC(C)(C)OC(=O)N1Cc2ccccc2C[C@H]1C(O)=C1C(=O)O[C@H](CCc2ccccc2)C1=O. The Morgan fingerprint density at radius 3 is 2.38 bits per heavy atom. The van der Waals surface area contributed by atoms with Gasteiger partial charge in [0.1, 0.15) is 16.9 Å². The highest BCUT2D eigenvalue weighted by molar-refractivity contribution is 6.23. The lowest BCUT2D eigenvalue weighted by molar-refractivity contribution is -0.141. The lowest BCUT2D eigenvalue weighted by Crippen LogP contribution is -2.48. The van der Waals surface area contributed by atoms with Gasteiger partial charge in [-0.1, -0.05) is 54.6 Å². The first-order chi connectivity index (χ1) is 16.1. The first kappa shape index (κ1) is 23.5. The molecule has 2 aromatic carbocycles. The van der Waals surface area contributed by atoms with Crippen LogP contribution in [0.25, 0.3) is 0 Å². The second-order valence-corrected chi connectivity index (χ2v) is 9.64. The molecule has 1 amide bonds. The number of ketones is 1. The number of amides is 1. The summed E-state index contributed by atoms with van der Waals surface area (Å²) in [6.07, 6.45) is -0.470. The second kappa shape index (κ2) is 9.33. The molecule has 178 valence electrons. The van der Waals surface area contributed by atoms with Crippen LogP contribution in [-0.2, 0) is 38.4 Å². The third-order valence-corrected chi connectivity index (χ3v) is 5.98. The van der Waals surface area contributed by atoms with E-state index in [1.807, 2.05) is 54.6 Å². The van der Waals surface area contributed by atoms with Crippen molar-refractivity contribution in [2.24, 2.45) is 0 Å². The molecule has 2 atom stereocenters. The van der Waals surface area contributed by atoms with E-state index in [1.54, 1.807) is 20.8 Å². The van der Waals surface area contributed by atoms with Gasteiger partial charge in [-0.05, 0) is 50.3 Å². The first-order valence-corrected chi connectivity index (χ1v) is 11.4. The number of aliphatic hydroxyl groups excluding tert-OH is 1. The Kier molecular flexibility index (Phi) is 6.46. The van der Waals surface area contributed by atoms with Crippen LogP contribution in [0.15, 0.2) is 65.9 Å². The van der Waals surface area contributed by atoms with Crippen LogP contribution in [0.3, 0.4) is 0 Å². The number of carbonyl (C=O) groups is 3. The Balaban J connectivity index is 1.61. The molecule has 0 bridgehead atoms. The smallest absolute Gasteiger partial charge is 0.411 e. The maximum atomic E-state index is 13.1. The average molecular weight is 464 g/mol. The van der Waals surface area contributed by atoms with Gasteiger partial charge in [-0.2, -0.15) is 0 Å². The number of rotatable bonds is 4. The summed E-state index contributed by atoms with van der Waals surface area (Å²) >= 11 is 0. The zero-order chi connectivity index (χ0) is 24.5. The van der Waals surface area contributed by atoms with E-state index in [2.05, 4.69) is 0 Å². The quantitative estimate of drug-likeness (QED) is 0.315. The van der Waals surface area contributed by atoms with Crippen LogP contribution in [0.1, 0.15) is 43.9 Å². The molecule has 1 saturated heterocycles. The highest BCUT2D eigenvalue weighted by Gasteiger charge is 2.45. The lowest BCUT2D eigenvalue weighted by Gasteiger charge is -2.37. The van der Waals surface area contributed by atoms with E-state index in [0.29, 0.717) is 12.8 Å². The number of esters is 1. The summed E-state index contributed by atoms with van der Waals surface area (Å²) in [4.78, 5) is 40.1. The van der Waals surface area contributed by atoms with Crippen molar-refractivity contribution >= 4 is 17.8 Å². The van der Waals surface area contributed by atoms with E-state index in [-0.39, 0.29) is 18.5 Å². The summed E-state index contributed by atoms with van der Waals surface area (Å²) in [6.45, 7) is 5.45. The van der Waals surface area contributed by atoms with Gasteiger partial charge < -0.3 is 14.6 Å². The fourth-order valence-corrected chi connectivity index (χ4v) is 4.31. The summed E-state index contributed by atoms with van der Waals surface area (Å²) in [6, 6.07) is 16.2. The van der Waals surface area contributed by atoms with Crippen LogP contribution in [0, 0.1) is 0 Å². The van der Waals surface area contributed by atoms with E-state index < -0.39 is 41.4 Å². The number of carbonyl (C=O) groups excluding carboxylic acids is 3. The number of nitrogens with zero attached hydrogens (tertiary/aromatic N) is 1. The molecule has 0 aromatic heterocycles. The fraction of sp³-hybridized carbons (Fsp3) is 0.370. The van der Waals surface area contributed by atoms with Crippen LogP contribution >= 0.6 is 0 Å². The van der Waals surface area contributed by atoms with Crippen molar-refractivity contribution in [3.05, 3.63) is 82.6 Å². The Bertz CT molecular complexity index is 1130. The molecule has 0 spiro atoms. The zero-order valence-corrected chi connectivity index (χ0v) is 19.6. The van der Waals surface area contributed by atoms with Gasteiger partial charge in [-0.15, -0.1) is 0 Å². The van der Waals surface area contributed by atoms with Crippen molar-refractivity contribution in [2.75, 3.05) is 0 Å². The summed E-state index contributed by atoms with van der Waals surface area (Å²) in [5, 5.41) is 11.2. The van der Waals surface area contributed by atoms with Gasteiger partial charge in [-0.3, -0.25) is 9.69 Å². The molecule has 0 unspecified atom stereocenters. The Labute approximate surface area is 199 Å². The number of hydrogen-bond acceptors (Lipinski definition) is 6. The third kappa shape index (κ3) is 4.98. The Hall–Kier alpha value is -3.61. The van der Waals surface area contributed by atoms with Crippen molar-refractivity contribution in [1.29, 1.82) is 0 Å². The van der Waals surface area contributed by atoms with Crippen molar-refractivity contribution in [1.82, 2.24) is 4.90 Å². The third-order valence-electron chi connectivity index (χ3n) is 5.98. The second-order valence-electron chi connectivity index (χ2n) is 9.64. The van der Waals surface area contributed by atoms with Gasteiger partial charge in [0, 0.05) is 6.42 Å². The molecule has 7 heteroatoms. The number of hydrogen-bond donors (Lipinski definition) is 1. The van der Waals surface area contributed by atoms with Crippen LogP contribution in [0.5, 0.6) is 0 Å². The Morgan fingerprint density at radius 1 is 1.06 bits per heavy atom. The standard InChI is InChI=1S/C27H29NO6/c1-27(2,3)34-26(32)28-16-19-12-8-7-11-18(19)15-20(28)23(29)22-24(30)21(33-25(22)31)14-13-17-9-5-4-6-10-17/h4-12,20-21,29H,13-16H2,1-3H3/t20-,21+/m0/s1. The minimum atomic E-state index is -0.962. The molecule has 2 aliphatic heterocycles. The zero-order valence-electron chi connectivity index (χ0n) is 19.6. The summed E-state index contributed by atoms with van der Waals surface area (Å²) < 4.78 is 10.9. The fourth-order valence-electron chi connectivity index (χ4n) is 4.31. The van der Waals surface area contributed by atoms with Gasteiger partial charge in [0.2, 0.25) is 5.78 Å². The maximum Gasteiger partial charge on any atom is 0.411 e. The molecule has 2 aliphatic rings. The normalized spacial score (nSPS) is 21.7. The highest BCUT2D eigenvalue weighted by atomic mass is 16.6. The molecule has 0 saturated carbocycles. The van der Waals surface area contributed by atoms with Crippen molar-refractivity contribution < 1.29 is 29.0 Å². The maximum absolute atomic E-state index is 13.1. The van der Waals surface area contributed by atoms with Crippen molar-refractivity contribution in [3.8, 4) is 0 Å². The minimum Gasteiger partial charge on any atom is -0.509 e. The molecular weight excluding hydrogens is 434 g/mol. The van der Waals surface area contributed by atoms with E-state index in [1.165, 1.54) is 4.90 Å². The predicted octanol–water partition coefficient (Wildman–Crippen LogP) is 4.29. The van der Waals surface area contributed by atoms with E-state index in [9.17, 15) is 19.5 Å². The van der Waals surface area contributed by atoms with Crippen LogP contribution in [0.2, 0.25) is 0 Å². The highest BCUT2D eigenvalue weighted by Crippen LogP contribution is 2.32. The van der Waals surface area contributed by atoms with Gasteiger partial charge in [-0.25, -0.2) is 9.59 Å². The molecule has 1 fully saturated rings. The van der Waals surface area contributed by atoms with Gasteiger partial charge in [0.05, 0.1) is 12.6 Å². The molecular formula is C27H29NO6. The predicted molar refractivity (Wildman–Crippen MR) is 125 cm³/mol. The number of cyclic esters (lactones) is 1.